The number of aryl methyl sites for hydroxylation is 2. The molecule has 0 unspecified atom stereocenters. The van der Waals surface area contributed by atoms with Crippen molar-refractivity contribution in [2.45, 2.75) is 58.5 Å². The van der Waals surface area contributed by atoms with Gasteiger partial charge in [0.2, 0.25) is 0 Å². The minimum Gasteiger partial charge on any atom is -0.443 e. The lowest BCUT2D eigenvalue weighted by molar-refractivity contribution is 0.0579. The van der Waals surface area contributed by atoms with Crippen LogP contribution in [0.15, 0.2) is 42.6 Å². The molecule has 2 heterocycles. The molecule has 2 aromatic rings. The van der Waals surface area contributed by atoms with E-state index in [1.165, 1.54) is 11.1 Å². The molecule has 0 saturated carbocycles. The Bertz CT molecular complexity index is 792. The van der Waals surface area contributed by atoms with Crippen LogP contribution in [0.4, 0.5) is 10.5 Å². The molecule has 1 aromatic heterocycles. The number of ether oxygens (including phenoxy) is 1. The number of fused-ring (bicyclic) bond motifs is 1. The van der Waals surface area contributed by atoms with Gasteiger partial charge in [-0.2, -0.15) is 0 Å². The summed E-state index contributed by atoms with van der Waals surface area (Å²) in [6.45, 7) is 10.7. The van der Waals surface area contributed by atoms with Crippen LogP contribution in [0.5, 0.6) is 0 Å². The summed E-state index contributed by atoms with van der Waals surface area (Å²) in [6.07, 6.45) is 3.41. The van der Waals surface area contributed by atoms with Gasteiger partial charge in [0.1, 0.15) is 5.60 Å². The average Bonchev–Trinajstić information content (AvgIpc) is 2.84. The van der Waals surface area contributed by atoms with Gasteiger partial charge in [-0.1, -0.05) is 32.0 Å². The van der Waals surface area contributed by atoms with E-state index in [0.717, 1.165) is 24.2 Å². The molecule has 0 N–H and O–H groups in total. The van der Waals surface area contributed by atoms with Crippen molar-refractivity contribution in [1.29, 1.82) is 0 Å². The number of hydrogen-bond donors (Lipinski definition) is 0. The normalized spacial score (nSPS) is 15.7. The van der Waals surface area contributed by atoms with Crippen molar-refractivity contribution >= 4 is 11.8 Å². The van der Waals surface area contributed by atoms with Crippen molar-refractivity contribution in [3.63, 3.8) is 0 Å². The first kappa shape index (κ1) is 18.4. The van der Waals surface area contributed by atoms with Gasteiger partial charge >= 0.3 is 6.09 Å². The molecule has 0 saturated heterocycles. The fourth-order valence-corrected chi connectivity index (χ4v) is 3.38. The van der Waals surface area contributed by atoms with Crippen LogP contribution in [0.3, 0.4) is 0 Å². The maximum Gasteiger partial charge on any atom is 0.414 e. The number of benzene rings is 1. The predicted octanol–water partition coefficient (Wildman–Crippen LogP) is 4.90. The SMILES string of the molecule is CC(C)(C)OC(=O)N1CC(C)(C)c2cc(CCc3ccccn3)ccc21. The number of carbonyl (C=O) groups is 1. The molecule has 0 radical (unpaired) electrons. The Morgan fingerprint density at radius 1 is 1.19 bits per heavy atom. The molecule has 138 valence electrons. The minimum atomic E-state index is -0.493. The lowest BCUT2D eigenvalue weighted by atomic mass is 9.85. The summed E-state index contributed by atoms with van der Waals surface area (Å²) in [7, 11) is 0. The van der Waals surface area contributed by atoms with E-state index in [9.17, 15) is 4.79 Å². The number of carbonyl (C=O) groups excluding carboxylic acids is 1. The molecule has 0 atom stereocenters. The molecule has 0 bridgehead atoms. The highest BCUT2D eigenvalue weighted by Crippen LogP contribution is 2.41. The second-order valence-corrected chi connectivity index (χ2v) is 8.62. The van der Waals surface area contributed by atoms with Crippen LogP contribution in [0.1, 0.15) is 51.4 Å². The maximum absolute atomic E-state index is 12.6. The second-order valence-electron chi connectivity index (χ2n) is 8.62. The molecule has 0 spiro atoms. The zero-order chi connectivity index (χ0) is 18.9. The molecule has 26 heavy (non-hydrogen) atoms. The first-order valence-electron chi connectivity index (χ1n) is 9.19. The fraction of sp³-hybridized carbons (Fsp3) is 0.455. The highest BCUT2D eigenvalue weighted by molar-refractivity contribution is 5.91. The Morgan fingerprint density at radius 3 is 2.62 bits per heavy atom. The molecule has 0 fully saturated rings. The molecule has 3 rings (SSSR count). The van der Waals surface area contributed by atoms with E-state index in [0.29, 0.717) is 6.54 Å². The van der Waals surface area contributed by atoms with Crippen LogP contribution in [0, 0.1) is 0 Å². The van der Waals surface area contributed by atoms with E-state index >= 15 is 0 Å². The molecule has 1 aliphatic rings. The van der Waals surface area contributed by atoms with Crippen LogP contribution < -0.4 is 4.90 Å². The van der Waals surface area contributed by atoms with Crippen molar-refractivity contribution in [1.82, 2.24) is 4.98 Å². The Kier molecular flexibility index (Phi) is 4.78. The van der Waals surface area contributed by atoms with E-state index in [2.05, 4.69) is 43.1 Å². The zero-order valence-electron chi connectivity index (χ0n) is 16.4. The van der Waals surface area contributed by atoms with Gasteiger partial charge in [0, 0.05) is 23.9 Å². The number of pyridine rings is 1. The van der Waals surface area contributed by atoms with Gasteiger partial charge < -0.3 is 4.74 Å². The molecule has 4 nitrogen and oxygen atoms in total. The Morgan fingerprint density at radius 2 is 1.96 bits per heavy atom. The van der Waals surface area contributed by atoms with Gasteiger partial charge in [0.25, 0.3) is 0 Å². The van der Waals surface area contributed by atoms with E-state index < -0.39 is 5.60 Å². The van der Waals surface area contributed by atoms with E-state index in [-0.39, 0.29) is 11.5 Å². The Hall–Kier alpha value is -2.36. The smallest absolute Gasteiger partial charge is 0.414 e. The number of amides is 1. The Balaban J connectivity index is 1.80. The number of hydrogen-bond acceptors (Lipinski definition) is 3. The molecular weight excluding hydrogens is 324 g/mol. The molecule has 4 heteroatoms. The number of aromatic nitrogens is 1. The van der Waals surface area contributed by atoms with Crippen LogP contribution in [0.25, 0.3) is 0 Å². The van der Waals surface area contributed by atoms with E-state index in [1.54, 1.807) is 4.90 Å². The third kappa shape index (κ3) is 4.06. The highest BCUT2D eigenvalue weighted by atomic mass is 16.6. The number of anilines is 1. The molecule has 1 amide bonds. The third-order valence-electron chi connectivity index (χ3n) is 4.64. The summed E-state index contributed by atoms with van der Waals surface area (Å²) in [5.74, 6) is 0. The standard InChI is InChI=1S/C22H28N2O2/c1-21(2,3)26-20(25)24-15-22(4,5)18-14-16(10-12-19(18)24)9-11-17-8-6-7-13-23-17/h6-8,10,12-14H,9,11,15H2,1-5H3. The lowest BCUT2D eigenvalue weighted by Gasteiger charge is -2.25. The lowest BCUT2D eigenvalue weighted by Crippen LogP contribution is -2.38. The van der Waals surface area contributed by atoms with Crippen molar-refractivity contribution in [3.05, 3.63) is 59.4 Å². The van der Waals surface area contributed by atoms with E-state index in [4.69, 9.17) is 4.74 Å². The zero-order valence-corrected chi connectivity index (χ0v) is 16.4. The topological polar surface area (TPSA) is 42.4 Å². The largest absolute Gasteiger partial charge is 0.443 e. The first-order chi connectivity index (χ1) is 12.2. The van der Waals surface area contributed by atoms with Crippen LogP contribution in [-0.2, 0) is 23.0 Å². The average molecular weight is 352 g/mol. The molecular formula is C22H28N2O2. The van der Waals surface area contributed by atoms with Crippen molar-refractivity contribution in [2.75, 3.05) is 11.4 Å². The van der Waals surface area contributed by atoms with Gasteiger partial charge in [-0.25, -0.2) is 4.79 Å². The van der Waals surface area contributed by atoms with Gasteiger partial charge in [-0.3, -0.25) is 9.88 Å². The molecule has 1 aromatic carbocycles. The summed E-state index contributed by atoms with van der Waals surface area (Å²) in [5.41, 5.74) is 3.96. The summed E-state index contributed by atoms with van der Waals surface area (Å²) >= 11 is 0. The van der Waals surface area contributed by atoms with Gasteiger partial charge in [0.05, 0.1) is 5.69 Å². The maximum atomic E-state index is 12.6. The highest BCUT2D eigenvalue weighted by Gasteiger charge is 2.39. The second kappa shape index (κ2) is 6.75. The van der Waals surface area contributed by atoms with Gasteiger partial charge in [-0.05, 0) is 62.9 Å². The number of nitrogens with zero attached hydrogens (tertiary/aromatic N) is 2. The third-order valence-corrected chi connectivity index (χ3v) is 4.64. The summed E-state index contributed by atoms with van der Waals surface area (Å²) in [5, 5.41) is 0. The van der Waals surface area contributed by atoms with Crippen molar-refractivity contribution < 1.29 is 9.53 Å². The van der Waals surface area contributed by atoms with Gasteiger partial charge in [0.15, 0.2) is 0 Å². The quantitative estimate of drug-likeness (QED) is 0.789. The monoisotopic (exact) mass is 352 g/mol. The summed E-state index contributed by atoms with van der Waals surface area (Å²) < 4.78 is 5.59. The first-order valence-corrected chi connectivity index (χ1v) is 9.19. The molecule has 0 aliphatic carbocycles. The fourth-order valence-electron chi connectivity index (χ4n) is 3.38. The minimum absolute atomic E-state index is 0.0900. The van der Waals surface area contributed by atoms with Crippen molar-refractivity contribution in [3.8, 4) is 0 Å². The van der Waals surface area contributed by atoms with Crippen LogP contribution >= 0.6 is 0 Å². The van der Waals surface area contributed by atoms with Crippen LogP contribution in [-0.4, -0.2) is 23.2 Å². The summed E-state index contributed by atoms with van der Waals surface area (Å²) in [6, 6.07) is 12.4. The Labute approximate surface area is 156 Å². The number of rotatable bonds is 3. The predicted molar refractivity (Wildman–Crippen MR) is 105 cm³/mol. The van der Waals surface area contributed by atoms with E-state index in [1.807, 2.05) is 39.1 Å². The van der Waals surface area contributed by atoms with Crippen molar-refractivity contribution in [2.24, 2.45) is 0 Å². The molecule has 1 aliphatic heterocycles. The summed E-state index contributed by atoms with van der Waals surface area (Å²) in [4.78, 5) is 18.8. The van der Waals surface area contributed by atoms with Crippen LogP contribution in [0.2, 0.25) is 0 Å². The van der Waals surface area contributed by atoms with Gasteiger partial charge in [-0.15, -0.1) is 0 Å².